The molecule has 0 saturated heterocycles. The first kappa shape index (κ1) is 29.6. The topological polar surface area (TPSA) is 86.8 Å². The molecule has 1 saturated carbocycles. The number of rotatable bonds is 10. The SMILES string of the molecule is Cc1ccc(S(=O)(=O)N(CC(=O)N(Cc2ccccc2)C(C)C(=O)NC2CCCC2)c2ccc(Cl)cc2C)cc1. The van der Waals surface area contributed by atoms with Crippen LogP contribution in [-0.4, -0.2) is 43.8 Å². The van der Waals surface area contributed by atoms with E-state index in [1.165, 1.54) is 17.0 Å². The molecule has 0 aromatic heterocycles. The number of carbonyl (C=O) groups is 2. The molecular weight excluding hydrogens is 546 g/mol. The molecular formula is C31H36ClN3O4S. The monoisotopic (exact) mass is 581 g/mol. The van der Waals surface area contributed by atoms with E-state index in [1.54, 1.807) is 44.2 Å². The molecule has 40 heavy (non-hydrogen) atoms. The number of benzene rings is 3. The first-order valence-corrected chi connectivity index (χ1v) is 15.4. The van der Waals surface area contributed by atoms with Gasteiger partial charge in [0.1, 0.15) is 12.6 Å². The van der Waals surface area contributed by atoms with E-state index in [4.69, 9.17) is 11.6 Å². The van der Waals surface area contributed by atoms with Crippen molar-refractivity contribution in [2.45, 2.75) is 70.0 Å². The van der Waals surface area contributed by atoms with Crippen molar-refractivity contribution in [3.05, 3.63) is 94.5 Å². The number of anilines is 1. The Kier molecular flexibility index (Phi) is 9.53. The van der Waals surface area contributed by atoms with Gasteiger partial charge in [0.15, 0.2) is 0 Å². The largest absolute Gasteiger partial charge is 0.352 e. The molecule has 1 N–H and O–H groups in total. The van der Waals surface area contributed by atoms with Crippen LogP contribution in [-0.2, 0) is 26.2 Å². The average molecular weight is 582 g/mol. The van der Waals surface area contributed by atoms with E-state index in [2.05, 4.69) is 5.32 Å². The number of carbonyl (C=O) groups excluding carboxylic acids is 2. The minimum Gasteiger partial charge on any atom is -0.352 e. The fourth-order valence-electron chi connectivity index (χ4n) is 5.00. The second-order valence-electron chi connectivity index (χ2n) is 10.4. The van der Waals surface area contributed by atoms with Gasteiger partial charge in [0.25, 0.3) is 10.0 Å². The fourth-order valence-corrected chi connectivity index (χ4v) is 6.71. The molecule has 4 rings (SSSR count). The second kappa shape index (κ2) is 12.9. The van der Waals surface area contributed by atoms with Crippen LogP contribution in [0.1, 0.15) is 49.3 Å². The Morgan fingerprint density at radius 2 is 1.62 bits per heavy atom. The third-order valence-electron chi connectivity index (χ3n) is 7.38. The molecule has 7 nitrogen and oxygen atoms in total. The zero-order chi connectivity index (χ0) is 28.9. The van der Waals surface area contributed by atoms with Crippen LogP contribution in [0.5, 0.6) is 0 Å². The summed E-state index contributed by atoms with van der Waals surface area (Å²) in [7, 11) is -4.13. The van der Waals surface area contributed by atoms with Crippen molar-refractivity contribution in [3.8, 4) is 0 Å². The first-order chi connectivity index (χ1) is 19.1. The van der Waals surface area contributed by atoms with Crippen LogP contribution < -0.4 is 9.62 Å². The molecule has 0 aliphatic heterocycles. The van der Waals surface area contributed by atoms with E-state index in [0.717, 1.165) is 41.1 Å². The Labute approximate surface area is 242 Å². The van der Waals surface area contributed by atoms with Crippen molar-refractivity contribution in [1.29, 1.82) is 0 Å². The van der Waals surface area contributed by atoms with Gasteiger partial charge in [-0.3, -0.25) is 13.9 Å². The zero-order valence-corrected chi connectivity index (χ0v) is 24.7. The van der Waals surface area contributed by atoms with Crippen LogP contribution in [0.4, 0.5) is 5.69 Å². The predicted molar refractivity (Wildman–Crippen MR) is 159 cm³/mol. The lowest BCUT2D eigenvalue weighted by Gasteiger charge is -2.33. The molecule has 212 valence electrons. The molecule has 0 bridgehead atoms. The third kappa shape index (κ3) is 7.04. The molecule has 1 fully saturated rings. The second-order valence-corrected chi connectivity index (χ2v) is 12.7. The summed E-state index contributed by atoms with van der Waals surface area (Å²) in [6, 6.07) is 20.1. The molecule has 0 spiro atoms. The van der Waals surface area contributed by atoms with Gasteiger partial charge in [-0.2, -0.15) is 0 Å². The summed E-state index contributed by atoms with van der Waals surface area (Å²) in [4.78, 5) is 28.9. The number of hydrogen-bond acceptors (Lipinski definition) is 4. The van der Waals surface area contributed by atoms with Gasteiger partial charge < -0.3 is 10.2 Å². The van der Waals surface area contributed by atoms with E-state index in [9.17, 15) is 18.0 Å². The molecule has 9 heteroatoms. The maximum atomic E-state index is 14.0. The molecule has 1 atom stereocenters. The van der Waals surface area contributed by atoms with Gasteiger partial charge in [0.2, 0.25) is 11.8 Å². The van der Waals surface area contributed by atoms with Crippen LogP contribution >= 0.6 is 11.6 Å². The number of halogens is 1. The maximum absolute atomic E-state index is 14.0. The highest BCUT2D eigenvalue weighted by Gasteiger charge is 2.33. The molecule has 1 unspecified atom stereocenters. The van der Waals surface area contributed by atoms with E-state index in [0.29, 0.717) is 16.3 Å². The highest BCUT2D eigenvalue weighted by molar-refractivity contribution is 7.92. The Hall–Kier alpha value is -3.36. The highest BCUT2D eigenvalue weighted by atomic mass is 35.5. The standard InChI is InChI=1S/C31H36ClN3O4S/c1-22-13-16-28(17-14-22)40(38,39)35(29-18-15-26(32)19-23(29)2)21-30(36)34(20-25-9-5-4-6-10-25)24(3)31(37)33-27-11-7-8-12-27/h4-6,9-10,13-19,24,27H,7-8,11-12,20-21H2,1-3H3,(H,33,37). The molecule has 0 heterocycles. The molecule has 1 aliphatic carbocycles. The van der Waals surface area contributed by atoms with Crippen molar-refractivity contribution >= 4 is 39.1 Å². The normalized spacial score (nSPS) is 14.5. The van der Waals surface area contributed by atoms with Gasteiger partial charge >= 0.3 is 0 Å². The summed E-state index contributed by atoms with van der Waals surface area (Å²) < 4.78 is 29.1. The van der Waals surface area contributed by atoms with Crippen molar-refractivity contribution in [2.24, 2.45) is 0 Å². The van der Waals surface area contributed by atoms with Gasteiger partial charge in [-0.1, -0.05) is 72.5 Å². The van der Waals surface area contributed by atoms with Crippen LogP contribution in [0.15, 0.2) is 77.7 Å². The van der Waals surface area contributed by atoms with Crippen LogP contribution in [0.3, 0.4) is 0 Å². The van der Waals surface area contributed by atoms with E-state index >= 15 is 0 Å². The van der Waals surface area contributed by atoms with Gasteiger partial charge in [-0.05, 0) is 75.1 Å². The smallest absolute Gasteiger partial charge is 0.264 e. The van der Waals surface area contributed by atoms with Crippen molar-refractivity contribution < 1.29 is 18.0 Å². The number of hydrogen-bond donors (Lipinski definition) is 1. The Balaban J connectivity index is 1.70. The fraction of sp³-hybridized carbons (Fsp3) is 0.355. The van der Waals surface area contributed by atoms with Crippen LogP contribution in [0.25, 0.3) is 0 Å². The predicted octanol–water partition coefficient (Wildman–Crippen LogP) is 5.63. The van der Waals surface area contributed by atoms with Crippen molar-refractivity contribution in [3.63, 3.8) is 0 Å². The lowest BCUT2D eigenvalue weighted by atomic mass is 10.1. The molecule has 3 aromatic rings. The Morgan fingerprint density at radius 1 is 0.975 bits per heavy atom. The van der Waals surface area contributed by atoms with Crippen LogP contribution in [0.2, 0.25) is 5.02 Å². The summed E-state index contributed by atoms with van der Waals surface area (Å²) in [6.45, 7) is 5.00. The number of sulfonamides is 1. The molecule has 2 amide bonds. The summed E-state index contributed by atoms with van der Waals surface area (Å²) in [5.41, 5.74) is 2.71. The van der Waals surface area contributed by atoms with Crippen LogP contribution in [0, 0.1) is 13.8 Å². The minimum absolute atomic E-state index is 0.0712. The summed E-state index contributed by atoms with van der Waals surface area (Å²) >= 11 is 6.18. The number of aryl methyl sites for hydroxylation is 2. The molecule has 1 aliphatic rings. The van der Waals surface area contributed by atoms with Crippen molar-refractivity contribution in [2.75, 3.05) is 10.8 Å². The van der Waals surface area contributed by atoms with Crippen molar-refractivity contribution in [1.82, 2.24) is 10.2 Å². The summed E-state index contributed by atoms with van der Waals surface area (Å²) in [5.74, 6) is -0.727. The quantitative estimate of drug-likeness (QED) is 0.336. The maximum Gasteiger partial charge on any atom is 0.264 e. The van der Waals surface area contributed by atoms with Gasteiger partial charge in [-0.15, -0.1) is 0 Å². The number of amides is 2. The molecule has 3 aromatic carbocycles. The average Bonchev–Trinajstić information content (AvgIpc) is 3.44. The van der Waals surface area contributed by atoms with E-state index < -0.39 is 28.5 Å². The van der Waals surface area contributed by atoms with E-state index in [-0.39, 0.29) is 23.4 Å². The van der Waals surface area contributed by atoms with Gasteiger partial charge in [0, 0.05) is 17.6 Å². The third-order valence-corrected chi connectivity index (χ3v) is 9.39. The lowest BCUT2D eigenvalue weighted by Crippen LogP contribution is -2.52. The Morgan fingerprint density at radius 3 is 2.25 bits per heavy atom. The first-order valence-electron chi connectivity index (χ1n) is 13.6. The lowest BCUT2D eigenvalue weighted by molar-refractivity contribution is -0.139. The Bertz CT molecular complexity index is 1440. The minimum atomic E-state index is -4.13. The summed E-state index contributed by atoms with van der Waals surface area (Å²) in [5, 5.41) is 3.54. The zero-order valence-electron chi connectivity index (χ0n) is 23.1. The molecule has 0 radical (unpaired) electrons. The van der Waals surface area contributed by atoms with Gasteiger partial charge in [0.05, 0.1) is 10.6 Å². The van der Waals surface area contributed by atoms with E-state index in [1.807, 2.05) is 37.3 Å². The number of nitrogens with one attached hydrogen (secondary N) is 1. The number of nitrogens with zero attached hydrogens (tertiary/aromatic N) is 2. The summed E-state index contributed by atoms with van der Waals surface area (Å²) in [6.07, 6.45) is 3.98. The highest BCUT2D eigenvalue weighted by Crippen LogP contribution is 2.29. The van der Waals surface area contributed by atoms with Gasteiger partial charge in [-0.25, -0.2) is 8.42 Å².